The molecule has 1 aromatic carbocycles. The van der Waals surface area contributed by atoms with Crippen LogP contribution in [0.5, 0.6) is 0 Å². The molecule has 0 saturated carbocycles. The van der Waals surface area contributed by atoms with E-state index >= 15 is 0 Å². The number of benzene rings is 1. The molecule has 1 heterocycles. The predicted octanol–water partition coefficient (Wildman–Crippen LogP) is 1.88. The van der Waals surface area contributed by atoms with E-state index in [4.69, 9.17) is 10.5 Å². The van der Waals surface area contributed by atoms with Crippen molar-refractivity contribution in [1.82, 2.24) is 4.98 Å². The van der Waals surface area contributed by atoms with Crippen LogP contribution in [0.2, 0.25) is 0 Å². The monoisotopic (exact) mass is 202 g/mol. The summed E-state index contributed by atoms with van der Waals surface area (Å²) < 4.78 is 5.02. The first-order valence-electron chi connectivity index (χ1n) is 4.90. The molecule has 2 aromatic rings. The van der Waals surface area contributed by atoms with Crippen LogP contribution < -0.4 is 5.73 Å². The standard InChI is InChI=1S/C12H14N2O/c1-15-8-11(13)10-6-9-4-2-3-5-12(9)14-7-10/h2-7,11H,8,13H2,1H3. The minimum Gasteiger partial charge on any atom is -0.383 e. The average molecular weight is 202 g/mol. The number of fused-ring (bicyclic) bond motifs is 1. The molecule has 0 aliphatic carbocycles. The lowest BCUT2D eigenvalue weighted by Crippen LogP contribution is -2.16. The van der Waals surface area contributed by atoms with Crippen molar-refractivity contribution in [2.75, 3.05) is 13.7 Å². The van der Waals surface area contributed by atoms with Gasteiger partial charge in [-0.25, -0.2) is 0 Å². The van der Waals surface area contributed by atoms with Gasteiger partial charge in [0, 0.05) is 18.7 Å². The highest BCUT2D eigenvalue weighted by molar-refractivity contribution is 5.78. The highest BCUT2D eigenvalue weighted by Crippen LogP contribution is 2.16. The van der Waals surface area contributed by atoms with Crippen LogP contribution in [0.15, 0.2) is 36.5 Å². The van der Waals surface area contributed by atoms with Crippen molar-refractivity contribution in [2.45, 2.75) is 6.04 Å². The van der Waals surface area contributed by atoms with Crippen molar-refractivity contribution in [3.8, 4) is 0 Å². The minimum absolute atomic E-state index is 0.105. The maximum atomic E-state index is 5.93. The molecular weight excluding hydrogens is 188 g/mol. The van der Waals surface area contributed by atoms with E-state index in [1.165, 1.54) is 0 Å². The Morgan fingerprint density at radius 1 is 1.40 bits per heavy atom. The van der Waals surface area contributed by atoms with Gasteiger partial charge in [-0.3, -0.25) is 4.98 Å². The molecule has 15 heavy (non-hydrogen) atoms. The second kappa shape index (κ2) is 4.38. The normalized spacial score (nSPS) is 12.9. The SMILES string of the molecule is COCC(N)c1cnc2ccccc2c1. The summed E-state index contributed by atoms with van der Waals surface area (Å²) in [6, 6.07) is 9.95. The van der Waals surface area contributed by atoms with Crippen molar-refractivity contribution in [3.63, 3.8) is 0 Å². The van der Waals surface area contributed by atoms with Crippen LogP contribution >= 0.6 is 0 Å². The maximum absolute atomic E-state index is 5.93. The fourth-order valence-electron chi connectivity index (χ4n) is 1.57. The van der Waals surface area contributed by atoms with Gasteiger partial charge in [0.15, 0.2) is 0 Å². The van der Waals surface area contributed by atoms with E-state index in [0.717, 1.165) is 16.5 Å². The van der Waals surface area contributed by atoms with Crippen LogP contribution in [0.3, 0.4) is 0 Å². The summed E-state index contributed by atoms with van der Waals surface area (Å²) in [5.41, 5.74) is 7.93. The first-order valence-corrected chi connectivity index (χ1v) is 4.90. The molecule has 0 radical (unpaired) electrons. The number of methoxy groups -OCH3 is 1. The lowest BCUT2D eigenvalue weighted by atomic mass is 10.1. The molecule has 0 spiro atoms. The van der Waals surface area contributed by atoms with Gasteiger partial charge in [-0.2, -0.15) is 0 Å². The average Bonchev–Trinajstić information content (AvgIpc) is 2.29. The summed E-state index contributed by atoms with van der Waals surface area (Å²) in [4.78, 5) is 4.35. The second-order valence-electron chi connectivity index (χ2n) is 3.52. The summed E-state index contributed by atoms with van der Waals surface area (Å²) in [5, 5.41) is 1.11. The van der Waals surface area contributed by atoms with Gasteiger partial charge in [-0.1, -0.05) is 18.2 Å². The lowest BCUT2D eigenvalue weighted by Gasteiger charge is -2.10. The van der Waals surface area contributed by atoms with Crippen molar-refractivity contribution in [1.29, 1.82) is 0 Å². The molecule has 2 N–H and O–H groups in total. The fraction of sp³-hybridized carbons (Fsp3) is 0.250. The van der Waals surface area contributed by atoms with Crippen molar-refractivity contribution in [2.24, 2.45) is 5.73 Å². The zero-order chi connectivity index (χ0) is 10.7. The number of para-hydroxylation sites is 1. The van der Waals surface area contributed by atoms with Crippen LogP contribution in [0.25, 0.3) is 10.9 Å². The van der Waals surface area contributed by atoms with E-state index in [9.17, 15) is 0 Å². The van der Waals surface area contributed by atoms with Gasteiger partial charge in [-0.05, 0) is 17.7 Å². The lowest BCUT2D eigenvalue weighted by molar-refractivity contribution is 0.181. The fourth-order valence-corrected chi connectivity index (χ4v) is 1.57. The molecule has 0 saturated heterocycles. The molecule has 0 fully saturated rings. The molecule has 3 nitrogen and oxygen atoms in total. The molecule has 0 aliphatic rings. The first kappa shape index (κ1) is 10.1. The summed E-state index contributed by atoms with van der Waals surface area (Å²) in [5.74, 6) is 0. The van der Waals surface area contributed by atoms with Crippen LogP contribution in [0, 0.1) is 0 Å². The van der Waals surface area contributed by atoms with Gasteiger partial charge in [-0.15, -0.1) is 0 Å². The number of aromatic nitrogens is 1. The second-order valence-corrected chi connectivity index (χ2v) is 3.52. The molecule has 1 unspecified atom stereocenters. The first-order chi connectivity index (χ1) is 7.31. The zero-order valence-electron chi connectivity index (χ0n) is 8.68. The molecule has 1 atom stereocenters. The third-order valence-electron chi connectivity index (χ3n) is 2.39. The third kappa shape index (κ3) is 2.14. The summed E-state index contributed by atoms with van der Waals surface area (Å²) in [7, 11) is 1.65. The van der Waals surface area contributed by atoms with Crippen LogP contribution in [-0.2, 0) is 4.74 Å². The molecule has 0 aliphatic heterocycles. The molecule has 0 amide bonds. The Morgan fingerprint density at radius 2 is 2.20 bits per heavy atom. The van der Waals surface area contributed by atoms with E-state index in [0.29, 0.717) is 6.61 Å². The van der Waals surface area contributed by atoms with Gasteiger partial charge in [0.1, 0.15) is 0 Å². The number of ether oxygens (including phenoxy) is 1. The van der Waals surface area contributed by atoms with Crippen molar-refractivity contribution < 1.29 is 4.74 Å². The number of rotatable bonds is 3. The van der Waals surface area contributed by atoms with Crippen molar-refractivity contribution >= 4 is 10.9 Å². The Hall–Kier alpha value is -1.45. The van der Waals surface area contributed by atoms with Gasteiger partial charge >= 0.3 is 0 Å². The number of hydrogen-bond donors (Lipinski definition) is 1. The quantitative estimate of drug-likeness (QED) is 0.826. The molecule has 2 rings (SSSR count). The molecule has 1 aromatic heterocycles. The van der Waals surface area contributed by atoms with E-state index < -0.39 is 0 Å². The smallest absolute Gasteiger partial charge is 0.0702 e. The van der Waals surface area contributed by atoms with Gasteiger partial charge in [0.05, 0.1) is 18.2 Å². The molecule has 0 bridgehead atoms. The molecule has 3 heteroatoms. The molecule has 78 valence electrons. The Morgan fingerprint density at radius 3 is 3.00 bits per heavy atom. The largest absolute Gasteiger partial charge is 0.383 e. The number of nitrogens with two attached hydrogens (primary N) is 1. The van der Waals surface area contributed by atoms with E-state index in [1.54, 1.807) is 7.11 Å². The summed E-state index contributed by atoms with van der Waals surface area (Å²) in [6.07, 6.45) is 1.81. The predicted molar refractivity (Wildman–Crippen MR) is 60.5 cm³/mol. The maximum Gasteiger partial charge on any atom is 0.0702 e. The van der Waals surface area contributed by atoms with E-state index in [2.05, 4.69) is 11.1 Å². The van der Waals surface area contributed by atoms with Gasteiger partial charge in [0.25, 0.3) is 0 Å². The van der Waals surface area contributed by atoms with Gasteiger partial charge < -0.3 is 10.5 Å². The summed E-state index contributed by atoms with van der Waals surface area (Å²) >= 11 is 0. The van der Waals surface area contributed by atoms with Crippen molar-refractivity contribution in [3.05, 3.63) is 42.1 Å². The highest BCUT2D eigenvalue weighted by atomic mass is 16.5. The zero-order valence-corrected chi connectivity index (χ0v) is 8.68. The molecular formula is C12H14N2O. The number of pyridine rings is 1. The minimum atomic E-state index is -0.105. The van der Waals surface area contributed by atoms with Crippen LogP contribution in [0.4, 0.5) is 0 Å². The Balaban J connectivity index is 2.38. The third-order valence-corrected chi connectivity index (χ3v) is 2.39. The highest BCUT2D eigenvalue weighted by Gasteiger charge is 2.06. The number of nitrogens with zero attached hydrogens (tertiary/aromatic N) is 1. The van der Waals surface area contributed by atoms with Crippen LogP contribution in [0.1, 0.15) is 11.6 Å². The Labute approximate surface area is 88.9 Å². The van der Waals surface area contributed by atoms with E-state index in [-0.39, 0.29) is 6.04 Å². The Kier molecular flexibility index (Phi) is 2.94. The topological polar surface area (TPSA) is 48.1 Å². The van der Waals surface area contributed by atoms with Gasteiger partial charge in [0.2, 0.25) is 0 Å². The van der Waals surface area contributed by atoms with Crippen LogP contribution in [-0.4, -0.2) is 18.7 Å². The van der Waals surface area contributed by atoms with E-state index in [1.807, 2.05) is 30.5 Å². The summed E-state index contributed by atoms with van der Waals surface area (Å²) in [6.45, 7) is 0.514. The Bertz CT molecular complexity index is 456. The number of hydrogen-bond acceptors (Lipinski definition) is 3.